The zero-order chi connectivity index (χ0) is 20.5. The van der Waals surface area contributed by atoms with E-state index >= 15 is 0 Å². The predicted octanol–water partition coefficient (Wildman–Crippen LogP) is 3.04. The number of hydrazone groups is 1. The van der Waals surface area contributed by atoms with Crippen molar-refractivity contribution in [3.8, 4) is 17.2 Å². The molecule has 0 radical (unpaired) electrons. The Bertz CT molecular complexity index is 984. The summed E-state index contributed by atoms with van der Waals surface area (Å²) in [5, 5.41) is 3.88. The third kappa shape index (κ3) is 5.70. The molecule has 0 aliphatic rings. The molecule has 0 bridgehead atoms. The van der Waals surface area contributed by atoms with E-state index in [1.54, 1.807) is 36.4 Å². The molecule has 0 saturated carbocycles. The number of ether oxygens (including phenoxy) is 3. The first kappa shape index (κ1) is 19.7. The SMILES string of the molecule is COc1cc(/C=N\NC(=O)COc2ccccc2)ccc1OC(=O)c1ccco1. The summed E-state index contributed by atoms with van der Waals surface area (Å²) in [4.78, 5) is 23.8. The molecule has 0 aliphatic heterocycles. The average molecular weight is 394 g/mol. The minimum absolute atomic E-state index is 0.0816. The first-order valence-corrected chi connectivity index (χ1v) is 8.59. The fourth-order valence-corrected chi connectivity index (χ4v) is 2.27. The van der Waals surface area contributed by atoms with E-state index in [1.165, 1.54) is 25.7 Å². The molecule has 0 aliphatic carbocycles. The van der Waals surface area contributed by atoms with Gasteiger partial charge in [-0.25, -0.2) is 10.2 Å². The van der Waals surface area contributed by atoms with Gasteiger partial charge in [-0.05, 0) is 48.0 Å². The van der Waals surface area contributed by atoms with E-state index in [2.05, 4.69) is 10.5 Å². The molecule has 3 aromatic rings. The molecule has 0 spiro atoms. The summed E-state index contributed by atoms with van der Waals surface area (Å²) in [6.45, 7) is -0.160. The Labute approximate surface area is 166 Å². The minimum Gasteiger partial charge on any atom is -0.493 e. The van der Waals surface area contributed by atoms with Crippen molar-refractivity contribution in [1.29, 1.82) is 0 Å². The number of esters is 1. The largest absolute Gasteiger partial charge is 0.493 e. The van der Waals surface area contributed by atoms with Crippen LogP contribution < -0.4 is 19.6 Å². The summed E-state index contributed by atoms with van der Waals surface area (Å²) in [5.41, 5.74) is 3.00. The number of furan rings is 1. The lowest BCUT2D eigenvalue weighted by atomic mass is 10.2. The molecule has 0 saturated heterocycles. The van der Waals surface area contributed by atoms with Gasteiger partial charge in [0.2, 0.25) is 5.76 Å². The quantitative estimate of drug-likeness (QED) is 0.273. The number of hydrogen-bond donors (Lipinski definition) is 1. The van der Waals surface area contributed by atoms with Crippen LogP contribution in [0.15, 0.2) is 76.4 Å². The number of methoxy groups -OCH3 is 1. The number of carbonyl (C=O) groups excluding carboxylic acids is 2. The van der Waals surface area contributed by atoms with Gasteiger partial charge in [0.05, 0.1) is 19.6 Å². The highest BCUT2D eigenvalue weighted by Gasteiger charge is 2.14. The monoisotopic (exact) mass is 394 g/mol. The smallest absolute Gasteiger partial charge is 0.379 e. The Morgan fingerprint density at radius 2 is 1.90 bits per heavy atom. The van der Waals surface area contributed by atoms with Gasteiger partial charge in [0.1, 0.15) is 5.75 Å². The van der Waals surface area contributed by atoms with Crippen LogP contribution in [0.2, 0.25) is 0 Å². The zero-order valence-electron chi connectivity index (χ0n) is 15.5. The summed E-state index contributed by atoms with van der Waals surface area (Å²) in [6.07, 6.45) is 2.81. The molecule has 2 aromatic carbocycles. The van der Waals surface area contributed by atoms with Crippen LogP contribution in [-0.4, -0.2) is 31.8 Å². The fraction of sp³-hybridized carbons (Fsp3) is 0.0952. The Kier molecular flexibility index (Phi) is 6.62. The molecule has 1 aromatic heterocycles. The molecular formula is C21H18N2O6. The molecule has 0 atom stereocenters. The maximum Gasteiger partial charge on any atom is 0.379 e. The van der Waals surface area contributed by atoms with Crippen LogP contribution in [0.1, 0.15) is 16.1 Å². The highest BCUT2D eigenvalue weighted by molar-refractivity contribution is 5.89. The maximum absolute atomic E-state index is 12.0. The molecule has 8 nitrogen and oxygen atoms in total. The third-order valence-electron chi connectivity index (χ3n) is 3.63. The van der Waals surface area contributed by atoms with Crippen LogP contribution in [-0.2, 0) is 4.79 Å². The van der Waals surface area contributed by atoms with E-state index in [4.69, 9.17) is 18.6 Å². The summed E-state index contributed by atoms with van der Waals surface area (Å²) in [6, 6.07) is 16.9. The highest BCUT2D eigenvalue weighted by Crippen LogP contribution is 2.28. The fourth-order valence-electron chi connectivity index (χ4n) is 2.27. The second-order valence-electron chi connectivity index (χ2n) is 5.67. The number of benzene rings is 2. The van der Waals surface area contributed by atoms with Gasteiger partial charge in [0.25, 0.3) is 5.91 Å². The number of para-hydroxylation sites is 1. The molecule has 0 fully saturated rings. The van der Waals surface area contributed by atoms with Gasteiger partial charge in [-0.15, -0.1) is 0 Å². The Balaban J connectivity index is 1.55. The van der Waals surface area contributed by atoms with Crippen molar-refractivity contribution in [3.63, 3.8) is 0 Å². The molecule has 0 unspecified atom stereocenters. The van der Waals surface area contributed by atoms with Crippen molar-refractivity contribution in [2.24, 2.45) is 5.10 Å². The summed E-state index contributed by atoms with van der Waals surface area (Å²) in [7, 11) is 1.45. The number of rotatable bonds is 8. The molecule has 29 heavy (non-hydrogen) atoms. The summed E-state index contributed by atoms with van der Waals surface area (Å²) < 4.78 is 20.8. The lowest BCUT2D eigenvalue weighted by molar-refractivity contribution is -0.123. The van der Waals surface area contributed by atoms with Crippen LogP contribution in [0.3, 0.4) is 0 Å². The van der Waals surface area contributed by atoms with Gasteiger partial charge in [0, 0.05) is 0 Å². The van der Waals surface area contributed by atoms with Crippen LogP contribution in [0, 0.1) is 0 Å². The zero-order valence-corrected chi connectivity index (χ0v) is 15.5. The number of carbonyl (C=O) groups is 2. The Morgan fingerprint density at radius 3 is 2.62 bits per heavy atom. The maximum atomic E-state index is 12.0. The molecule has 1 heterocycles. The lowest BCUT2D eigenvalue weighted by Crippen LogP contribution is -2.24. The Hall–Kier alpha value is -4.07. The van der Waals surface area contributed by atoms with Crippen molar-refractivity contribution in [1.82, 2.24) is 5.43 Å². The van der Waals surface area contributed by atoms with E-state index < -0.39 is 11.9 Å². The molecule has 3 rings (SSSR count). The predicted molar refractivity (Wildman–Crippen MR) is 104 cm³/mol. The van der Waals surface area contributed by atoms with E-state index in [0.717, 1.165) is 0 Å². The average Bonchev–Trinajstić information content (AvgIpc) is 3.29. The molecule has 1 N–H and O–H groups in total. The van der Waals surface area contributed by atoms with E-state index in [0.29, 0.717) is 17.1 Å². The van der Waals surface area contributed by atoms with E-state index in [9.17, 15) is 9.59 Å². The van der Waals surface area contributed by atoms with Gasteiger partial charge in [0.15, 0.2) is 18.1 Å². The van der Waals surface area contributed by atoms with Gasteiger partial charge in [-0.3, -0.25) is 4.79 Å². The molecule has 148 valence electrons. The number of amides is 1. The van der Waals surface area contributed by atoms with Crippen molar-refractivity contribution in [3.05, 3.63) is 78.3 Å². The number of nitrogens with one attached hydrogen (secondary N) is 1. The van der Waals surface area contributed by atoms with Gasteiger partial charge in [-0.1, -0.05) is 18.2 Å². The van der Waals surface area contributed by atoms with Crippen molar-refractivity contribution >= 4 is 18.1 Å². The summed E-state index contributed by atoms with van der Waals surface area (Å²) >= 11 is 0. The standard InChI is InChI=1S/C21H18N2O6/c1-26-19-12-15(9-10-17(19)29-21(25)18-8-5-11-27-18)13-22-23-20(24)14-28-16-6-3-2-4-7-16/h2-13H,14H2,1H3,(H,23,24)/b22-13-. The second kappa shape index (κ2) is 9.75. The normalized spacial score (nSPS) is 10.5. The van der Waals surface area contributed by atoms with Crippen molar-refractivity contribution in [2.75, 3.05) is 13.7 Å². The van der Waals surface area contributed by atoms with Gasteiger partial charge < -0.3 is 18.6 Å². The topological polar surface area (TPSA) is 99.4 Å². The van der Waals surface area contributed by atoms with E-state index in [-0.39, 0.29) is 18.1 Å². The van der Waals surface area contributed by atoms with Crippen molar-refractivity contribution < 1.29 is 28.2 Å². The second-order valence-corrected chi connectivity index (χ2v) is 5.67. The van der Waals surface area contributed by atoms with Crippen LogP contribution >= 0.6 is 0 Å². The van der Waals surface area contributed by atoms with Gasteiger partial charge >= 0.3 is 5.97 Å². The third-order valence-corrected chi connectivity index (χ3v) is 3.63. The molecule has 1 amide bonds. The van der Waals surface area contributed by atoms with Crippen LogP contribution in [0.5, 0.6) is 17.2 Å². The van der Waals surface area contributed by atoms with E-state index in [1.807, 2.05) is 18.2 Å². The molecule has 8 heteroatoms. The summed E-state index contributed by atoms with van der Waals surface area (Å²) in [5.74, 6) is 0.189. The first-order valence-electron chi connectivity index (χ1n) is 8.59. The first-order chi connectivity index (χ1) is 14.2. The van der Waals surface area contributed by atoms with Crippen molar-refractivity contribution in [2.45, 2.75) is 0 Å². The molecular weight excluding hydrogens is 376 g/mol. The minimum atomic E-state index is -0.639. The van der Waals surface area contributed by atoms with Crippen LogP contribution in [0.4, 0.5) is 0 Å². The van der Waals surface area contributed by atoms with Crippen LogP contribution in [0.25, 0.3) is 0 Å². The number of hydrogen-bond acceptors (Lipinski definition) is 7. The van der Waals surface area contributed by atoms with Gasteiger partial charge in [-0.2, -0.15) is 5.10 Å². The lowest BCUT2D eigenvalue weighted by Gasteiger charge is -2.09. The highest BCUT2D eigenvalue weighted by atomic mass is 16.6. The number of nitrogens with zero attached hydrogens (tertiary/aromatic N) is 1. The Morgan fingerprint density at radius 1 is 1.07 bits per heavy atom.